The van der Waals surface area contributed by atoms with Gasteiger partial charge in [0.05, 0.1) is 0 Å². The van der Waals surface area contributed by atoms with Crippen LogP contribution in [0.2, 0.25) is 0 Å². The molecule has 19 heavy (non-hydrogen) atoms. The van der Waals surface area contributed by atoms with Gasteiger partial charge in [-0.05, 0) is 53.4 Å². The van der Waals surface area contributed by atoms with Crippen molar-refractivity contribution in [2.24, 2.45) is 0 Å². The number of hydrogen-bond acceptors (Lipinski definition) is 1. The smallest absolute Gasteiger partial charge is 0.163 e. The molecule has 0 saturated heterocycles. The van der Waals surface area contributed by atoms with E-state index in [0.29, 0.717) is 5.78 Å². The van der Waals surface area contributed by atoms with Gasteiger partial charge in [0, 0.05) is 12.0 Å². The van der Waals surface area contributed by atoms with Crippen LogP contribution < -0.4 is 0 Å². The van der Waals surface area contributed by atoms with E-state index < -0.39 is 0 Å². The van der Waals surface area contributed by atoms with Gasteiger partial charge < -0.3 is 0 Å². The molecular formula is C18H26O. The SMILES string of the molecule is CC.CC(C)(C)c1c2c(cc3c1C(=O)CC3)CCC2. The molecule has 1 aromatic rings. The van der Waals surface area contributed by atoms with E-state index in [4.69, 9.17) is 0 Å². The molecule has 1 heteroatoms. The topological polar surface area (TPSA) is 17.1 Å². The summed E-state index contributed by atoms with van der Waals surface area (Å²) in [4.78, 5) is 12.1. The van der Waals surface area contributed by atoms with Gasteiger partial charge in [0.25, 0.3) is 0 Å². The third kappa shape index (κ3) is 2.35. The van der Waals surface area contributed by atoms with Crippen LogP contribution in [0.5, 0.6) is 0 Å². The van der Waals surface area contributed by atoms with Gasteiger partial charge in [0.15, 0.2) is 5.78 Å². The highest BCUT2D eigenvalue weighted by Crippen LogP contribution is 2.40. The van der Waals surface area contributed by atoms with E-state index in [-0.39, 0.29) is 5.41 Å². The van der Waals surface area contributed by atoms with Crippen LogP contribution in [0.15, 0.2) is 6.07 Å². The summed E-state index contributed by atoms with van der Waals surface area (Å²) in [6.45, 7) is 10.7. The second-order valence-electron chi connectivity index (χ2n) is 6.45. The Hall–Kier alpha value is -1.11. The molecule has 1 aromatic carbocycles. The van der Waals surface area contributed by atoms with Gasteiger partial charge in [-0.1, -0.05) is 40.7 Å². The fourth-order valence-electron chi connectivity index (χ4n) is 3.52. The Morgan fingerprint density at radius 1 is 0.947 bits per heavy atom. The third-order valence-electron chi connectivity index (χ3n) is 4.13. The minimum Gasteiger partial charge on any atom is -0.294 e. The largest absolute Gasteiger partial charge is 0.294 e. The Labute approximate surface area is 117 Å². The Kier molecular flexibility index (Phi) is 3.85. The summed E-state index contributed by atoms with van der Waals surface area (Å²) in [5, 5.41) is 0. The molecule has 0 heterocycles. The summed E-state index contributed by atoms with van der Waals surface area (Å²) in [7, 11) is 0. The summed E-state index contributed by atoms with van der Waals surface area (Å²) >= 11 is 0. The first-order chi connectivity index (χ1) is 8.98. The van der Waals surface area contributed by atoms with E-state index in [0.717, 1.165) is 18.4 Å². The highest BCUT2D eigenvalue weighted by atomic mass is 16.1. The van der Waals surface area contributed by atoms with Crippen LogP contribution in [0, 0.1) is 0 Å². The molecule has 0 amide bonds. The lowest BCUT2D eigenvalue weighted by molar-refractivity contribution is 0.0992. The van der Waals surface area contributed by atoms with Crippen molar-refractivity contribution in [3.63, 3.8) is 0 Å². The number of carbonyl (C=O) groups excluding carboxylic acids is 1. The van der Waals surface area contributed by atoms with Crippen LogP contribution in [0.4, 0.5) is 0 Å². The van der Waals surface area contributed by atoms with Gasteiger partial charge >= 0.3 is 0 Å². The Bertz CT molecular complexity index is 503. The average Bonchev–Trinajstić information content (AvgIpc) is 2.95. The maximum absolute atomic E-state index is 12.1. The molecule has 2 aliphatic rings. The standard InChI is InChI=1S/C16H20O.C2H6/c1-16(2,3)15-12-6-4-5-10(12)9-11-7-8-13(17)14(11)15;1-2/h9H,4-8H2,1-3H3;1-2H3. The van der Waals surface area contributed by atoms with Gasteiger partial charge in [-0.15, -0.1) is 0 Å². The number of carbonyl (C=O) groups is 1. The Morgan fingerprint density at radius 2 is 1.63 bits per heavy atom. The summed E-state index contributed by atoms with van der Waals surface area (Å²) in [5.41, 5.74) is 6.87. The molecule has 2 aliphatic carbocycles. The third-order valence-corrected chi connectivity index (χ3v) is 4.13. The highest BCUT2D eigenvalue weighted by molar-refractivity contribution is 6.02. The van der Waals surface area contributed by atoms with Crippen molar-refractivity contribution < 1.29 is 4.79 Å². The van der Waals surface area contributed by atoms with Gasteiger partial charge in [0.2, 0.25) is 0 Å². The van der Waals surface area contributed by atoms with E-state index in [1.54, 1.807) is 0 Å². The first-order valence-electron chi connectivity index (χ1n) is 7.70. The monoisotopic (exact) mass is 258 g/mol. The molecule has 0 aromatic heterocycles. The maximum atomic E-state index is 12.1. The lowest BCUT2D eigenvalue weighted by atomic mass is 9.78. The van der Waals surface area contributed by atoms with Gasteiger partial charge in [0.1, 0.15) is 0 Å². The van der Waals surface area contributed by atoms with Crippen molar-refractivity contribution in [3.8, 4) is 0 Å². The number of Topliss-reactive ketones (excluding diaryl/α,β-unsaturated/α-hetero) is 1. The molecule has 0 bridgehead atoms. The molecule has 0 atom stereocenters. The van der Waals surface area contributed by atoms with E-state index in [1.165, 1.54) is 41.5 Å². The van der Waals surface area contributed by atoms with Crippen molar-refractivity contribution in [3.05, 3.63) is 33.9 Å². The van der Waals surface area contributed by atoms with Gasteiger partial charge in [-0.25, -0.2) is 0 Å². The second kappa shape index (κ2) is 5.11. The number of rotatable bonds is 0. The molecule has 0 fully saturated rings. The molecule has 1 nitrogen and oxygen atoms in total. The number of fused-ring (bicyclic) bond motifs is 2. The molecule has 0 unspecified atom stereocenters. The zero-order chi connectivity index (χ0) is 14.2. The summed E-state index contributed by atoms with van der Waals surface area (Å²) in [6, 6.07) is 2.32. The summed E-state index contributed by atoms with van der Waals surface area (Å²) in [5.74, 6) is 0.375. The second-order valence-corrected chi connectivity index (χ2v) is 6.45. The minimum atomic E-state index is 0.0970. The van der Waals surface area contributed by atoms with Crippen LogP contribution >= 0.6 is 0 Å². The molecule has 0 aliphatic heterocycles. The Balaban J connectivity index is 0.000000637. The minimum absolute atomic E-state index is 0.0970. The highest BCUT2D eigenvalue weighted by Gasteiger charge is 2.33. The maximum Gasteiger partial charge on any atom is 0.163 e. The van der Waals surface area contributed by atoms with Crippen molar-refractivity contribution in [2.45, 2.75) is 72.1 Å². The van der Waals surface area contributed by atoms with Crippen LogP contribution in [-0.4, -0.2) is 5.78 Å². The fourth-order valence-corrected chi connectivity index (χ4v) is 3.52. The molecule has 0 spiro atoms. The summed E-state index contributed by atoms with van der Waals surface area (Å²) < 4.78 is 0. The lowest BCUT2D eigenvalue weighted by Crippen LogP contribution is -2.19. The number of ketones is 1. The number of aryl methyl sites for hydroxylation is 2. The van der Waals surface area contributed by atoms with E-state index in [2.05, 4.69) is 26.8 Å². The first-order valence-corrected chi connectivity index (χ1v) is 7.70. The molecule has 0 saturated carbocycles. The Morgan fingerprint density at radius 3 is 2.26 bits per heavy atom. The van der Waals surface area contributed by atoms with Crippen LogP contribution in [-0.2, 0) is 24.7 Å². The van der Waals surface area contributed by atoms with E-state index in [9.17, 15) is 4.79 Å². The zero-order valence-corrected chi connectivity index (χ0v) is 13.0. The fraction of sp³-hybridized carbons (Fsp3) is 0.611. The van der Waals surface area contributed by atoms with E-state index in [1.807, 2.05) is 13.8 Å². The van der Waals surface area contributed by atoms with Crippen LogP contribution in [0.25, 0.3) is 0 Å². The molecule has 0 radical (unpaired) electrons. The molecule has 0 N–H and O–H groups in total. The zero-order valence-electron chi connectivity index (χ0n) is 13.0. The quantitative estimate of drug-likeness (QED) is 0.663. The van der Waals surface area contributed by atoms with Crippen molar-refractivity contribution in [1.29, 1.82) is 0 Å². The van der Waals surface area contributed by atoms with Crippen molar-refractivity contribution in [2.75, 3.05) is 0 Å². The first kappa shape index (κ1) is 14.3. The van der Waals surface area contributed by atoms with Gasteiger partial charge in [-0.2, -0.15) is 0 Å². The van der Waals surface area contributed by atoms with Crippen molar-refractivity contribution in [1.82, 2.24) is 0 Å². The van der Waals surface area contributed by atoms with Gasteiger partial charge in [-0.3, -0.25) is 4.79 Å². The average molecular weight is 258 g/mol. The predicted octanol–water partition coefficient (Wildman–Crippen LogP) is 4.63. The van der Waals surface area contributed by atoms with Crippen LogP contribution in [0.1, 0.15) is 80.1 Å². The van der Waals surface area contributed by atoms with Crippen LogP contribution in [0.3, 0.4) is 0 Å². The normalized spacial score (nSPS) is 16.8. The predicted molar refractivity (Wildman–Crippen MR) is 81.2 cm³/mol. The lowest BCUT2D eigenvalue weighted by Gasteiger charge is -2.26. The molecule has 104 valence electrons. The number of benzene rings is 1. The number of hydrogen-bond donors (Lipinski definition) is 0. The molecular weight excluding hydrogens is 232 g/mol. The van der Waals surface area contributed by atoms with E-state index >= 15 is 0 Å². The van der Waals surface area contributed by atoms with Crippen molar-refractivity contribution >= 4 is 5.78 Å². The summed E-state index contributed by atoms with van der Waals surface area (Å²) in [6.07, 6.45) is 5.32. The molecule has 3 rings (SSSR count).